The first kappa shape index (κ1) is 21.0. The fraction of sp³-hybridized carbons (Fsp3) is 0.929. The Bertz CT molecular complexity index is 400. The van der Waals surface area contributed by atoms with E-state index in [1.807, 2.05) is 0 Å². The van der Waals surface area contributed by atoms with Gasteiger partial charge in [0.25, 0.3) is 5.60 Å². The molecule has 1 rings (SSSR count). The maximum Gasteiger partial charge on any atom is 0.426 e. The van der Waals surface area contributed by atoms with Crippen LogP contribution in [0.1, 0.15) is 39.0 Å². The molecule has 0 spiro atoms. The molecule has 0 amide bonds. The number of ether oxygens (including phenoxy) is 2. The van der Waals surface area contributed by atoms with E-state index in [1.165, 1.54) is 6.92 Å². The number of carbonyl (C=O) groups is 1. The minimum Gasteiger partial charge on any atom is -0.463 e. The van der Waals surface area contributed by atoms with Gasteiger partial charge in [-0.25, -0.2) is 0 Å². The molecule has 0 aromatic rings. The van der Waals surface area contributed by atoms with Gasteiger partial charge in [-0.05, 0) is 38.5 Å². The lowest BCUT2D eigenvalue weighted by Crippen LogP contribution is -2.57. The summed E-state index contributed by atoms with van der Waals surface area (Å²) in [6.45, 7) is 2.18. The van der Waals surface area contributed by atoms with Crippen molar-refractivity contribution >= 4 is 5.97 Å². The molecular weight excluding hydrogens is 346 g/mol. The van der Waals surface area contributed by atoms with Gasteiger partial charge in [-0.2, -0.15) is 26.3 Å². The summed E-state index contributed by atoms with van der Waals surface area (Å²) in [5.74, 6) is -0.655. The second-order valence-corrected chi connectivity index (χ2v) is 5.95. The largest absolute Gasteiger partial charge is 0.463 e. The van der Waals surface area contributed by atoms with Crippen molar-refractivity contribution in [1.29, 1.82) is 0 Å². The van der Waals surface area contributed by atoms with Crippen LogP contribution in [-0.2, 0) is 14.3 Å². The van der Waals surface area contributed by atoms with Crippen LogP contribution in [0.2, 0.25) is 0 Å². The molecule has 1 unspecified atom stereocenters. The molecule has 1 aliphatic rings. The summed E-state index contributed by atoms with van der Waals surface area (Å²) in [6, 6.07) is 0. The molecule has 24 heavy (non-hydrogen) atoms. The van der Waals surface area contributed by atoms with E-state index < -0.39 is 42.9 Å². The van der Waals surface area contributed by atoms with E-state index in [0.717, 1.165) is 0 Å². The van der Waals surface area contributed by atoms with E-state index >= 15 is 0 Å². The summed E-state index contributed by atoms with van der Waals surface area (Å²) in [5.41, 5.74) is -4.82. The molecule has 0 saturated carbocycles. The van der Waals surface area contributed by atoms with Gasteiger partial charge in [0.2, 0.25) is 0 Å². The molecule has 0 aromatic carbocycles. The molecule has 1 aliphatic heterocycles. The summed E-state index contributed by atoms with van der Waals surface area (Å²) in [4.78, 5) is 11.7. The number of esters is 1. The molecule has 1 atom stereocenters. The smallest absolute Gasteiger partial charge is 0.426 e. The Morgan fingerprint density at radius 2 is 1.67 bits per heavy atom. The maximum absolute atomic E-state index is 12.5. The van der Waals surface area contributed by atoms with Gasteiger partial charge in [0.15, 0.2) is 0 Å². The molecule has 1 N–H and O–H groups in total. The van der Waals surface area contributed by atoms with E-state index in [-0.39, 0.29) is 12.3 Å². The molecule has 1 heterocycles. The van der Waals surface area contributed by atoms with E-state index in [2.05, 4.69) is 0 Å². The van der Waals surface area contributed by atoms with Crippen molar-refractivity contribution in [3.63, 3.8) is 0 Å². The molecule has 142 valence electrons. The Labute approximate surface area is 135 Å². The highest BCUT2D eigenvalue weighted by Crippen LogP contribution is 2.46. The van der Waals surface area contributed by atoms with Crippen LogP contribution < -0.4 is 0 Å². The van der Waals surface area contributed by atoms with Gasteiger partial charge in [-0.3, -0.25) is 4.79 Å². The molecule has 1 saturated heterocycles. The first-order valence-corrected chi connectivity index (χ1v) is 7.50. The van der Waals surface area contributed by atoms with E-state index in [0.29, 0.717) is 26.1 Å². The SMILES string of the molecule is CC(CCC(O)(C(F)(F)F)C(F)(F)F)OC(=O)CC1CCOCC1. The van der Waals surface area contributed by atoms with Crippen molar-refractivity contribution in [2.45, 2.75) is 63.1 Å². The average molecular weight is 366 g/mol. The third-order valence-electron chi connectivity index (χ3n) is 3.98. The van der Waals surface area contributed by atoms with Crippen molar-refractivity contribution < 1.29 is 45.7 Å². The number of hydrogen-bond acceptors (Lipinski definition) is 4. The number of aliphatic hydroxyl groups is 1. The van der Waals surface area contributed by atoms with Crippen molar-refractivity contribution in [2.24, 2.45) is 5.92 Å². The van der Waals surface area contributed by atoms with Crippen molar-refractivity contribution in [3.05, 3.63) is 0 Å². The highest BCUT2D eigenvalue weighted by atomic mass is 19.4. The van der Waals surface area contributed by atoms with Crippen LogP contribution in [0.15, 0.2) is 0 Å². The molecule has 0 bridgehead atoms. The second kappa shape index (κ2) is 7.90. The van der Waals surface area contributed by atoms with Gasteiger partial charge in [0.1, 0.15) is 0 Å². The van der Waals surface area contributed by atoms with E-state index in [4.69, 9.17) is 14.6 Å². The van der Waals surface area contributed by atoms with Gasteiger partial charge in [-0.1, -0.05) is 0 Å². The molecule has 1 fully saturated rings. The zero-order valence-corrected chi connectivity index (χ0v) is 13.0. The lowest BCUT2D eigenvalue weighted by atomic mass is 9.94. The molecule has 0 radical (unpaired) electrons. The number of halogens is 6. The summed E-state index contributed by atoms with van der Waals surface area (Å²) in [6.07, 6.45) is -14.0. The fourth-order valence-electron chi connectivity index (χ4n) is 2.37. The quantitative estimate of drug-likeness (QED) is 0.579. The molecule has 4 nitrogen and oxygen atoms in total. The predicted molar refractivity (Wildman–Crippen MR) is 70.0 cm³/mol. The Hall–Kier alpha value is -1.03. The second-order valence-electron chi connectivity index (χ2n) is 5.95. The average Bonchev–Trinajstić information content (AvgIpc) is 2.43. The lowest BCUT2D eigenvalue weighted by Gasteiger charge is -2.33. The summed E-state index contributed by atoms with van der Waals surface area (Å²) in [7, 11) is 0. The monoisotopic (exact) mass is 366 g/mol. The van der Waals surface area contributed by atoms with Crippen molar-refractivity contribution in [2.75, 3.05) is 13.2 Å². The molecular formula is C14H20F6O4. The Morgan fingerprint density at radius 1 is 1.17 bits per heavy atom. The summed E-state index contributed by atoms with van der Waals surface area (Å²) < 4.78 is 85.2. The van der Waals surface area contributed by atoms with Crippen LogP contribution in [0.25, 0.3) is 0 Å². The maximum atomic E-state index is 12.5. The normalized spacial score (nSPS) is 19.2. The van der Waals surface area contributed by atoms with Crippen LogP contribution in [0.3, 0.4) is 0 Å². The zero-order valence-electron chi connectivity index (χ0n) is 13.0. The Balaban J connectivity index is 2.51. The Kier molecular flexibility index (Phi) is 6.92. The third kappa shape index (κ3) is 5.51. The first-order chi connectivity index (χ1) is 10.9. The van der Waals surface area contributed by atoms with E-state index in [9.17, 15) is 31.1 Å². The first-order valence-electron chi connectivity index (χ1n) is 7.50. The Morgan fingerprint density at radius 3 is 2.12 bits per heavy atom. The van der Waals surface area contributed by atoms with Gasteiger partial charge in [-0.15, -0.1) is 0 Å². The predicted octanol–water partition coefficient (Wildman–Crippen LogP) is 3.37. The minimum atomic E-state index is -5.86. The highest BCUT2D eigenvalue weighted by Gasteiger charge is 2.69. The third-order valence-corrected chi connectivity index (χ3v) is 3.98. The standard InChI is InChI=1S/C14H20F6O4/c1-9(24-11(21)8-10-3-6-23-7-4-10)2-5-12(22,13(15,16)17)14(18,19)20/h9-10,22H,2-8H2,1H3. The van der Waals surface area contributed by atoms with Crippen LogP contribution >= 0.6 is 0 Å². The van der Waals surface area contributed by atoms with Crippen LogP contribution in [0, 0.1) is 5.92 Å². The lowest BCUT2D eigenvalue weighted by molar-refractivity contribution is -0.370. The topological polar surface area (TPSA) is 55.8 Å². The van der Waals surface area contributed by atoms with Gasteiger partial charge < -0.3 is 14.6 Å². The summed E-state index contributed by atoms with van der Waals surface area (Å²) in [5, 5.41) is 9.02. The van der Waals surface area contributed by atoms with Gasteiger partial charge in [0.05, 0.1) is 6.10 Å². The molecule has 10 heteroatoms. The van der Waals surface area contributed by atoms with E-state index in [1.54, 1.807) is 0 Å². The number of carbonyl (C=O) groups excluding carboxylic acids is 1. The number of rotatable bonds is 6. The van der Waals surface area contributed by atoms with Crippen molar-refractivity contribution in [3.8, 4) is 0 Å². The molecule has 0 aromatic heterocycles. The molecule has 0 aliphatic carbocycles. The van der Waals surface area contributed by atoms with Gasteiger partial charge in [0, 0.05) is 19.6 Å². The summed E-state index contributed by atoms with van der Waals surface area (Å²) >= 11 is 0. The van der Waals surface area contributed by atoms with Crippen LogP contribution in [0.5, 0.6) is 0 Å². The minimum absolute atomic E-state index is 0.0285. The fourth-order valence-corrected chi connectivity index (χ4v) is 2.37. The van der Waals surface area contributed by atoms with Gasteiger partial charge >= 0.3 is 18.3 Å². The van der Waals surface area contributed by atoms with Crippen LogP contribution in [0.4, 0.5) is 26.3 Å². The van der Waals surface area contributed by atoms with Crippen molar-refractivity contribution in [1.82, 2.24) is 0 Å². The highest BCUT2D eigenvalue weighted by molar-refractivity contribution is 5.69. The van der Waals surface area contributed by atoms with Crippen LogP contribution in [-0.4, -0.2) is 48.3 Å². The zero-order chi connectivity index (χ0) is 18.6. The number of hydrogen-bond donors (Lipinski definition) is 1. The number of alkyl halides is 6.